The monoisotopic (exact) mass is 1310 g/mol. The SMILES string of the molecule is CCC1CC(C(=O)NCCCc2cn(CCCC(=O)Nc3ccc(S(=O)(=O)O)c4cc(S(=O)(=O)O)cc(S(=O)(=O)O)c34)nn2)CC(OC2OC(CO)C(O)C(O[C@@H](CC3CCCCC3)C(=O)O)C2OC(=O)c2ccccc2)C1OC1OC(C)C(O)C(O)C1O. The second-order valence-electron chi connectivity index (χ2n) is 22.8. The molecule has 2 aliphatic heterocycles. The number of anilines is 1. The first-order valence-electron chi connectivity index (χ1n) is 29.1. The van der Waals surface area contributed by atoms with Gasteiger partial charge in [-0.05, 0) is 93.7 Å². The van der Waals surface area contributed by atoms with Crippen LogP contribution in [0.25, 0.3) is 10.8 Å². The summed E-state index contributed by atoms with van der Waals surface area (Å²) in [6.45, 7) is 2.71. The number of aliphatic hydroxyl groups excluding tert-OH is 5. The molecule has 2 aliphatic carbocycles. The number of carboxylic acids is 1. The molecule has 15 atom stereocenters. The number of fused-ring (bicyclic) bond motifs is 1. The Hall–Kier alpha value is -5.73. The second kappa shape index (κ2) is 29.7. The molecular weight excluding hydrogens is 1240 g/mol. The van der Waals surface area contributed by atoms with Crippen LogP contribution in [0.15, 0.2) is 75.5 Å². The minimum Gasteiger partial charge on any atom is -0.479 e. The lowest BCUT2D eigenvalue weighted by atomic mass is 9.75. The summed E-state index contributed by atoms with van der Waals surface area (Å²) in [4.78, 5) is 51.0. The van der Waals surface area contributed by atoms with Gasteiger partial charge in [-0.15, -0.1) is 5.10 Å². The fourth-order valence-corrected chi connectivity index (χ4v) is 14.0. The topological polar surface area (TPSA) is 463 Å². The van der Waals surface area contributed by atoms with Crippen LogP contribution in [0.2, 0.25) is 0 Å². The third kappa shape index (κ3) is 17.3. The molecule has 33 heteroatoms. The van der Waals surface area contributed by atoms with Crippen LogP contribution >= 0.6 is 0 Å². The largest absolute Gasteiger partial charge is 0.479 e. The third-order valence-electron chi connectivity index (χ3n) is 16.6. The van der Waals surface area contributed by atoms with Gasteiger partial charge >= 0.3 is 11.9 Å². The highest BCUT2D eigenvalue weighted by Gasteiger charge is 2.54. The smallest absolute Gasteiger partial charge is 0.338 e. The molecule has 4 aliphatic rings. The number of aryl methyl sites for hydroxylation is 2. The molecule has 30 nitrogen and oxygen atoms in total. The standard InChI is InChI=1S/C56H75N5O25S3/c1-3-31-23-33(52(68)57-20-10-16-34-27-61(60-59-34)21-11-17-43(63)58-37-18-19-41(88(75,76)77)36-25-35(87(72,73)74)26-42(44(36)37)89(78,79)80)24-38(49(31)86-55-48(67)47(66)45(64)29(2)81-55)83-56-51(85-54(71)32-14-8-5-9-15-32)50(46(65)40(28-62)84-56)82-39(53(69)70)22-30-12-6-4-7-13-30/h5,8-9,14-15,18-19,25-27,29-31,33,38-40,45-51,55-56,62,64-67H,3-4,6-7,10-13,16-17,20-24,28H2,1-2H3,(H,57,68)(H,58,63)(H,69,70)(H,72,73,74)(H,75,76,77)(H,78,79,80)/t29?,31?,33?,38?,39-,40?,45?,46?,47?,48?,49?,50?,51?,55?,56?/m0/s1. The number of hydrogen-bond donors (Lipinski definition) is 11. The van der Waals surface area contributed by atoms with E-state index in [2.05, 4.69) is 20.9 Å². The van der Waals surface area contributed by atoms with E-state index >= 15 is 0 Å². The number of ether oxygens (including phenoxy) is 6. The molecule has 2 amide bonds. The highest BCUT2D eigenvalue weighted by molar-refractivity contribution is 7.87. The summed E-state index contributed by atoms with van der Waals surface area (Å²) in [5.41, 5.74) is 0.176. The van der Waals surface area contributed by atoms with Crippen molar-refractivity contribution in [2.24, 2.45) is 17.8 Å². The Morgan fingerprint density at radius 2 is 1.49 bits per heavy atom. The number of nitrogens with zero attached hydrogens (tertiary/aromatic N) is 3. The molecule has 0 spiro atoms. The van der Waals surface area contributed by atoms with Crippen LogP contribution in [0.1, 0.15) is 107 Å². The highest BCUT2D eigenvalue weighted by atomic mass is 32.2. The first-order valence-corrected chi connectivity index (χ1v) is 33.5. The summed E-state index contributed by atoms with van der Waals surface area (Å²) in [5, 5.41) is 77.5. The molecule has 89 heavy (non-hydrogen) atoms. The molecule has 0 bridgehead atoms. The van der Waals surface area contributed by atoms with Gasteiger partial charge in [0.05, 0.1) is 46.8 Å². The Labute approximate surface area is 512 Å². The van der Waals surface area contributed by atoms with Crippen LogP contribution in [0.5, 0.6) is 0 Å². The molecule has 11 N–H and O–H groups in total. The van der Waals surface area contributed by atoms with Gasteiger partial charge in [-0.2, -0.15) is 25.3 Å². The number of rotatable bonds is 26. The zero-order chi connectivity index (χ0) is 64.7. The Balaban J connectivity index is 0.947. The van der Waals surface area contributed by atoms with Gasteiger partial charge in [0.1, 0.15) is 46.4 Å². The van der Waals surface area contributed by atoms with E-state index in [0.717, 1.165) is 44.2 Å². The van der Waals surface area contributed by atoms with Crippen LogP contribution < -0.4 is 10.6 Å². The van der Waals surface area contributed by atoms with Gasteiger partial charge in [-0.3, -0.25) is 27.9 Å². The molecule has 0 radical (unpaired) electrons. The predicted molar refractivity (Wildman–Crippen MR) is 306 cm³/mol. The minimum absolute atomic E-state index is 0.0205. The Kier molecular flexibility index (Phi) is 23.1. The number of aromatic nitrogens is 3. The molecule has 492 valence electrons. The predicted octanol–water partition coefficient (Wildman–Crippen LogP) is 1.79. The van der Waals surface area contributed by atoms with Gasteiger partial charge < -0.3 is 69.7 Å². The van der Waals surface area contributed by atoms with Crippen molar-refractivity contribution in [2.45, 2.75) is 198 Å². The second-order valence-corrected chi connectivity index (χ2v) is 27.0. The van der Waals surface area contributed by atoms with Crippen molar-refractivity contribution >= 4 is 70.6 Å². The first kappa shape index (κ1) is 69.2. The molecule has 4 aromatic rings. The van der Waals surface area contributed by atoms with Crippen molar-refractivity contribution in [1.82, 2.24) is 20.3 Å². The summed E-state index contributed by atoms with van der Waals surface area (Å²) >= 11 is 0. The molecule has 8 rings (SSSR count). The van der Waals surface area contributed by atoms with Crippen molar-refractivity contribution in [3.8, 4) is 0 Å². The highest BCUT2D eigenvalue weighted by Crippen LogP contribution is 2.42. The van der Waals surface area contributed by atoms with Crippen LogP contribution in [0.4, 0.5) is 5.69 Å². The zero-order valence-corrected chi connectivity index (χ0v) is 50.9. The van der Waals surface area contributed by atoms with Crippen LogP contribution in [-0.4, -0.2) is 201 Å². The third-order valence-corrected chi connectivity index (χ3v) is 19.2. The maximum Gasteiger partial charge on any atom is 0.338 e. The number of nitrogens with one attached hydrogen (secondary N) is 2. The van der Waals surface area contributed by atoms with E-state index in [9.17, 15) is 88.7 Å². The molecular formula is C56H75N5O25S3. The molecule has 2 saturated carbocycles. The number of carboxylic acid groups (broad SMARTS) is 1. The van der Waals surface area contributed by atoms with Crippen LogP contribution in [0.3, 0.4) is 0 Å². The summed E-state index contributed by atoms with van der Waals surface area (Å²) in [6, 6.07) is 10.3. The fourth-order valence-electron chi connectivity index (χ4n) is 11.9. The number of hydrogen-bond acceptors (Lipinski definition) is 23. The molecule has 4 fully saturated rings. The number of aliphatic carboxylic acids is 1. The molecule has 3 aromatic carbocycles. The van der Waals surface area contributed by atoms with Crippen molar-refractivity contribution in [3.05, 3.63) is 72.1 Å². The number of benzene rings is 3. The lowest BCUT2D eigenvalue weighted by Gasteiger charge is -2.48. The van der Waals surface area contributed by atoms with Crippen LogP contribution in [0, 0.1) is 17.8 Å². The van der Waals surface area contributed by atoms with Gasteiger partial charge in [0.15, 0.2) is 24.8 Å². The van der Waals surface area contributed by atoms with Crippen molar-refractivity contribution in [3.63, 3.8) is 0 Å². The van der Waals surface area contributed by atoms with E-state index in [1.165, 1.54) is 23.7 Å². The van der Waals surface area contributed by atoms with Crippen molar-refractivity contribution in [2.75, 3.05) is 18.5 Å². The van der Waals surface area contributed by atoms with Gasteiger partial charge in [-0.25, -0.2) is 9.59 Å². The normalized spacial score (nSPS) is 28.4. The number of carbonyl (C=O) groups is 4. The van der Waals surface area contributed by atoms with Crippen molar-refractivity contribution < 1.29 is 117 Å². The van der Waals surface area contributed by atoms with Crippen molar-refractivity contribution in [1.29, 1.82) is 0 Å². The number of amides is 2. The van der Waals surface area contributed by atoms with Gasteiger partial charge in [0, 0.05) is 42.4 Å². The maximum absolute atomic E-state index is 14.3. The maximum atomic E-state index is 14.3. The fraction of sp³-hybridized carbons (Fsp3) is 0.607. The zero-order valence-electron chi connectivity index (χ0n) is 48.4. The summed E-state index contributed by atoms with van der Waals surface area (Å²) in [7, 11) is -15.7. The average molecular weight is 1310 g/mol. The average Bonchev–Trinajstić information content (AvgIpc) is 1.21. The van der Waals surface area contributed by atoms with E-state index in [1.807, 2.05) is 6.92 Å². The Morgan fingerprint density at radius 3 is 2.15 bits per heavy atom. The molecule has 14 unspecified atom stereocenters. The summed E-state index contributed by atoms with van der Waals surface area (Å²) in [6.07, 6.45) is -12.8. The van der Waals surface area contributed by atoms with E-state index in [4.69, 9.17) is 28.4 Å². The summed E-state index contributed by atoms with van der Waals surface area (Å²) in [5.74, 6) is -4.81. The van der Waals surface area contributed by atoms with Gasteiger partial charge in [-0.1, -0.05) is 68.9 Å². The lowest BCUT2D eigenvalue weighted by molar-refractivity contribution is -0.349. The molecule has 1 aromatic heterocycles. The molecule has 2 saturated heterocycles. The molecule has 3 heterocycles. The van der Waals surface area contributed by atoms with Gasteiger partial charge in [0.25, 0.3) is 30.4 Å². The van der Waals surface area contributed by atoms with E-state index in [1.54, 1.807) is 24.4 Å². The number of esters is 1. The Bertz CT molecular complexity index is 3480. The van der Waals surface area contributed by atoms with Crippen LogP contribution in [-0.2, 0) is 86.1 Å². The number of carbonyl (C=O) groups excluding carboxylic acids is 3. The van der Waals surface area contributed by atoms with E-state index in [-0.39, 0.29) is 56.7 Å². The van der Waals surface area contributed by atoms with E-state index in [0.29, 0.717) is 37.1 Å². The van der Waals surface area contributed by atoms with Gasteiger partial charge in [0.2, 0.25) is 11.8 Å². The Morgan fingerprint density at radius 1 is 0.787 bits per heavy atom. The first-order chi connectivity index (χ1) is 42.1. The quantitative estimate of drug-likeness (QED) is 0.0242. The van der Waals surface area contributed by atoms with E-state index < -0.39 is 183 Å². The lowest BCUT2D eigenvalue weighted by Crippen LogP contribution is -2.64. The minimum atomic E-state index is -5.36. The number of aliphatic hydroxyl groups is 5. The summed E-state index contributed by atoms with van der Waals surface area (Å²) < 4.78 is 142.